The van der Waals surface area contributed by atoms with Gasteiger partial charge in [0.05, 0.1) is 5.69 Å². The zero-order valence-corrected chi connectivity index (χ0v) is 23.7. The first-order valence-corrected chi connectivity index (χ1v) is 11.7. The summed E-state index contributed by atoms with van der Waals surface area (Å²) >= 11 is 0. The van der Waals surface area contributed by atoms with Gasteiger partial charge in [-0.25, -0.2) is 0 Å². The normalized spacial score (nSPS) is 11.9. The summed E-state index contributed by atoms with van der Waals surface area (Å²) in [6, 6.07) is 13.1. The summed E-state index contributed by atoms with van der Waals surface area (Å²) in [6.45, 7) is 22.1. The maximum absolute atomic E-state index is 5.08. The van der Waals surface area contributed by atoms with Crippen LogP contribution in [0.2, 0.25) is 0 Å². The molecule has 1 radical (unpaired) electrons. The van der Waals surface area contributed by atoms with Crippen LogP contribution in [-0.4, -0.2) is 5.71 Å². The number of benzene rings is 2. The molecule has 0 amide bonds. The zero-order chi connectivity index (χ0) is 23.3. The minimum atomic E-state index is 0. The molecule has 0 saturated heterocycles. The van der Waals surface area contributed by atoms with Crippen LogP contribution in [0.5, 0.6) is 0 Å². The number of hydrogen-bond acceptors (Lipinski definition) is 1. The van der Waals surface area contributed by atoms with Gasteiger partial charge in [-0.05, 0) is 41.7 Å². The molecule has 0 heterocycles. The summed E-state index contributed by atoms with van der Waals surface area (Å²) < 4.78 is 0. The van der Waals surface area contributed by atoms with E-state index in [1.807, 2.05) is 0 Å². The van der Waals surface area contributed by atoms with Crippen LogP contribution < -0.4 is 0 Å². The van der Waals surface area contributed by atoms with Crippen LogP contribution in [0.1, 0.15) is 115 Å². The monoisotopic (exact) mass is 501 g/mol. The van der Waals surface area contributed by atoms with Crippen molar-refractivity contribution in [2.45, 2.75) is 92.9 Å². The predicted molar refractivity (Wildman–Crippen MR) is 140 cm³/mol. The van der Waals surface area contributed by atoms with Gasteiger partial charge in [0.1, 0.15) is 0 Å². The molecule has 34 heavy (non-hydrogen) atoms. The number of hydrogen-bond donors (Lipinski definition) is 0. The van der Waals surface area contributed by atoms with Crippen LogP contribution in [0, 0.1) is 0 Å². The summed E-state index contributed by atoms with van der Waals surface area (Å²) in [5, 5.41) is 5.08. The fraction of sp³-hybridized carbons (Fsp3) is 0.483. The van der Waals surface area contributed by atoms with Crippen molar-refractivity contribution in [3.63, 3.8) is 0 Å². The Labute approximate surface area is 218 Å². The molecular formula is C29H41CrN2O2. The largest absolute Gasteiger partial charge is 5.00 e. The Morgan fingerprint density at radius 3 is 1.38 bits per heavy atom. The summed E-state index contributed by atoms with van der Waals surface area (Å²) in [5.41, 5.74) is 9.45. The second-order valence-corrected chi connectivity index (χ2v) is 9.84. The molecule has 2 aromatic rings. The molecule has 0 bridgehead atoms. The fourth-order valence-corrected chi connectivity index (χ4v) is 4.00. The van der Waals surface area contributed by atoms with Crippen LogP contribution in [0.4, 0.5) is 11.4 Å². The van der Waals surface area contributed by atoms with Crippen molar-refractivity contribution >= 4 is 17.1 Å². The van der Waals surface area contributed by atoms with Crippen LogP contribution >= 0.6 is 0 Å². The average molecular weight is 502 g/mol. The molecule has 0 aliphatic heterocycles. The molecule has 0 fully saturated rings. The number of allylic oxidation sites excluding steroid dienone is 2. The molecule has 0 N–H and O–H groups in total. The third kappa shape index (κ3) is 8.71. The van der Waals surface area contributed by atoms with Crippen molar-refractivity contribution in [1.82, 2.24) is 0 Å². The van der Waals surface area contributed by atoms with E-state index in [-0.39, 0.29) is 28.3 Å². The maximum atomic E-state index is 5.08. The summed E-state index contributed by atoms with van der Waals surface area (Å²) in [4.78, 5) is 5.08. The fourth-order valence-electron chi connectivity index (χ4n) is 4.00. The van der Waals surface area contributed by atoms with Gasteiger partial charge in [-0.3, -0.25) is 4.99 Å². The van der Waals surface area contributed by atoms with E-state index in [1.54, 1.807) is 0 Å². The predicted octanol–water partition coefficient (Wildman–Crippen LogP) is 9.64. The van der Waals surface area contributed by atoms with Gasteiger partial charge in [0.15, 0.2) is 0 Å². The van der Waals surface area contributed by atoms with E-state index in [9.17, 15) is 0 Å². The standard InChI is InChI=1S/C29H41N2.Cr.2O/c1-18(2)24-13-11-14-25(19(3)4)28(24)30-22(9)17-23(10)31-29-26(20(5)6)15-12-16-27(29)21(7)8;;;/h11-21H,1-10H3;;;/q-1;+5;2*-2/b22-17-,31-23?;;;. The van der Waals surface area contributed by atoms with E-state index >= 15 is 0 Å². The van der Waals surface area contributed by atoms with E-state index < -0.39 is 0 Å². The van der Waals surface area contributed by atoms with E-state index in [0.29, 0.717) is 23.7 Å². The second kappa shape index (κ2) is 15.2. The van der Waals surface area contributed by atoms with Gasteiger partial charge in [0.2, 0.25) is 0 Å². The number of para-hydroxylation sites is 2. The molecule has 4 nitrogen and oxygen atoms in total. The van der Waals surface area contributed by atoms with Crippen molar-refractivity contribution in [3.05, 3.63) is 75.7 Å². The summed E-state index contributed by atoms with van der Waals surface area (Å²) in [6.07, 6.45) is 2.11. The Kier molecular flexibility index (Phi) is 15.3. The second-order valence-electron chi connectivity index (χ2n) is 9.84. The molecule has 0 atom stereocenters. The van der Waals surface area contributed by atoms with Crippen molar-refractivity contribution in [1.29, 1.82) is 0 Å². The van der Waals surface area contributed by atoms with Crippen LogP contribution in [0.25, 0.3) is 5.32 Å². The summed E-state index contributed by atoms with van der Waals surface area (Å²) in [7, 11) is 0. The number of aliphatic imine (C=N–C) groups is 1. The maximum Gasteiger partial charge on any atom is 5.00 e. The topological polar surface area (TPSA) is 83.5 Å². The SMILES string of the molecule is CC(/C=C(/C)[N-]c1c(C(C)C)cccc1C(C)C)=Nc1c(C(C)C)cccc1C(C)C.[Cr+5].[O-2].[O-2]. The average Bonchev–Trinajstić information content (AvgIpc) is 2.67. The molecule has 0 aliphatic carbocycles. The minimum Gasteiger partial charge on any atom is -2.00 e. The number of rotatable bonds is 8. The van der Waals surface area contributed by atoms with Gasteiger partial charge in [0, 0.05) is 5.71 Å². The Morgan fingerprint density at radius 2 is 1.03 bits per heavy atom. The molecule has 0 aromatic heterocycles. The Bertz CT molecular complexity index is 908. The Hall–Kier alpha value is -1.90. The first-order chi connectivity index (χ1) is 14.5. The van der Waals surface area contributed by atoms with Gasteiger partial charge >= 0.3 is 17.4 Å². The number of nitrogens with zero attached hydrogens (tertiary/aromatic N) is 2. The molecule has 5 heteroatoms. The third-order valence-electron chi connectivity index (χ3n) is 5.68. The molecule has 0 saturated carbocycles. The van der Waals surface area contributed by atoms with Crippen molar-refractivity contribution in [2.75, 3.05) is 0 Å². The molecule has 0 aliphatic rings. The van der Waals surface area contributed by atoms with Crippen LogP contribution in [0.15, 0.2) is 53.2 Å². The van der Waals surface area contributed by atoms with E-state index in [1.165, 1.54) is 22.3 Å². The van der Waals surface area contributed by atoms with Gasteiger partial charge in [-0.1, -0.05) is 116 Å². The van der Waals surface area contributed by atoms with Gasteiger partial charge in [0.25, 0.3) is 0 Å². The van der Waals surface area contributed by atoms with Crippen LogP contribution in [0.3, 0.4) is 0 Å². The Morgan fingerprint density at radius 1 is 0.676 bits per heavy atom. The smallest absolute Gasteiger partial charge is 2.00 e. The van der Waals surface area contributed by atoms with Crippen molar-refractivity contribution in [2.24, 2.45) is 4.99 Å². The summed E-state index contributed by atoms with van der Waals surface area (Å²) in [5.74, 6) is 1.75. The van der Waals surface area contributed by atoms with E-state index in [4.69, 9.17) is 10.3 Å². The van der Waals surface area contributed by atoms with E-state index in [0.717, 1.165) is 22.8 Å². The quantitative estimate of drug-likeness (QED) is 0.323. The molecule has 2 aromatic carbocycles. The molecule has 0 spiro atoms. The first kappa shape index (κ1) is 34.3. The Balaban J connectivity index is 0. The minimum absolute atomic E-state index is 0. The molecule has 0 unspecified atom stereocenters. The van der Waals surface area contributed by atoms with Crippen molar-refractivity contribution < 1.29 is 28.3 Å². The van der Waals surface area contributed by atoms with Gasteiger partial charge < -0.3 is 16.3 Å². The first-order valence-electron chi connectivity index (χ1n) is 11.7. The molecule has 2 rings (SSSR count). The van der Waals surface area contributed by atoms with Gasteiger partial charge in [-0.2, -0.15) is 5.70 Å². The van der Waals surface area contributed by atoms with E-state index in [2.05, 4.69) is 112 Å². The third-order valence-corrected chi connectivity index (χ3v) is 5.68. The van der Waals surface area contributed by atoms with Gasteiger partial charge in [-0.15, -0.1) is 5.69 Å². The van der Waals surface area contributed by atoms with Crippen molar-refractivity contribution in [3.8, 4) is 0 Å². The molecule has 185 valence electrons. The van der Waals surface area contributed by atoms with Crippen LogP contribution in [-0.2, 0) is 28.3 Å². The molecular weight excluding hydrogens is 460 g/mol. The zero-order valence-electron chi connectivity index (χ0n) is 22.5.